The van der Waals surface area contributed by atoms with Crippen LogP contribution < -0.4 is 87.1 Å². The summed E-state index contributed by atoms with van der Waals surface area (Å²) in [5, 5.41) is 20.2. The second kappa shape index (κ2) is 55.7. The number of nitrogens with zero attached hydrogens (tertiary/aromatic N) is 2. The van der Waals surface area contributed by atoms with Gasteiger partial charge in [0.25, 0.3) is 0 Å². The van der Waals surface area contributed by atoms with Gasteiger partial charge in [-0.05, 0) is 136 Å². The first-order valence-electron chi connectivity index (χ1n) is 28.9. The molecule has 1 aliphatic rings. The number of urea groups is 1. The molecule has 0 aliphatic carbocycles. The fourth-order valence-corrected chi connectivity index (χ4v) is 13.5. The van der Waals surface area contributed by atoms with Crippen molar-refractivity contribution in [3.8, 4) is 23.5 Å². The number of carbonyl (C=O) groups excluding carboxylic acids is 5. The smallest absolute Gasteiger partial charge is 0.812 e. The van der Waals surface area contributed by atoms with Crippen molar-refractivity contribution in [3.63, 3.8) is 0 Å². The van der Waals surface area contributed by atoms with Gasteiger partial charge in [0.2, 0.25) is 12.2 Å². The van der Waals surface area contributed by atoms with Crippen LogP contribution in [0.3, 0.4) is 0 Å². The van der Waals surface area contributed by atoms with Crippen LogP contribution in [0.5, 0.6) is 17.2 Å². The number of hydrogen-bond donors (Lipinski definition) is 3. The fraction of sp³-hybridized carbons (Fsp3) is 0.516. The molecule has 4 rings (SSSR count). The summed E-state index contributed by atoms with van der Waals surface area (Å²) in [4.78, 5) is 54.0. The Kier molecular flexibility index (Phi) is 58.2. The Labute approximate surface area is 612 Å². The Bertz CT molecular complexity index is 3090. The maximum atomic E-state index is 13.8. The minimum absolute atomic E-state index is 0. The van der Waals surface area contributed by atoms with E-state index in [1.807, 2.05) is 13.8 Å². The van der Waals surface area contributed by atoms with Gasteiger partial charge in [0.15, 0.2) is 64.2 Å². The van der Waals surface area contributed by atoms with Crippen LogP contribution in [0.1, 0.15) is 127 Å². The van der Waals surface area contributed by atoms with Crippen molar-refractivity contribution in [1.82, 2.24) is 15.5 Å². The minimum atomic E-state index is -3.29. The van der Waals surface area contributed by atoms with Crippen molar-refractivity contribution < 1.29 is 138 Å². The summed E-state index contributed by atoms with van der Waals surface area (Å²) in [6, 6.07) is 12.9. The Hall–Kier alpha value is -4.43. The number of ether oxygens (including phenoxy) is 4. The maximum absolute atomic E-state index is 13.8. The molecular formula is C62H95F3KN5O16S6. The number of aldehydes is 1. The van der Waals surface area contributed by atoms with Gasteiger partial charge in [0.05, 0.1) is 47.7 Å². The first-order valence-corrected chi connectivity index (χ1v) is 34.4. The summed E-state index contributed by atoms with van der Waals surface area (Å²) in [6.07, 6.45) is 11.5. The largest absolute Gasteiger partial charge is 1.00 e. The molecule has 3 aromatic carbocycles. The average Bonchev–Trinajstić information content (AvgIpc) is 1.67. The van der Waals surface area contributed by atoms with Crippen LogP contribution in [0.15, 0.2) is 92.6 Å². The summed E-state index contributed by atoms with van der Waals surface area (Å²) >= 11 is 0. The molecule has 4 N–H and O–H groups in total. The van der Waals surface area contributed by atoms with Crippen LogP contribution in [0.2, 0.25) is 0 Å². The zero-order chi connectivity index (χ0) is 67.4. The second-order valence-electron chi connectivity index (χ2n) is 20.5. The topological polar surface area (TPSA) is 325 Å². The molecule has 3 atom stereocenters. The number of Topliss-reactive ketones (excluding diaryl/α,β-unsaturated/α-hetero) is 1. The molecule has 3 aromatic rings. The van der Waals surface area contributed by atoms with Gasteiger partial charge in [-0.15, -0.1) is 0 Å². The van der Waals surface area contributed by atoms with E-state index in [4.69, 9.17) is 30.3 Å². The van der Waals surface area contributed by atoms with Crippen molar-refractivity contribution in [2.24, 2.45) is 5.73 Å². The van der Waals surface area contributed by atoms with Crippen LogP contribution in [0.25, 0.3) is 0 Å². The summed E-state index contributed by atoms with van der Waals surface area (Å²) < 4.78 is 135. The molecule has 31 heteroatoms. The third kappa shape index (κ3) is 46.4. The number of benzene rings is 3. The molecule has 1 aliphatic heterocycles. The average molecular weight is 1450 g/mol. The second-order valence-corrected chi connectivity index (χ2v) is 27.2. The van der Waals surface area contributed by atoms with Gasteiger partial charge in [-0.3, -0.25) is 19.7 Å². The van der Waals surface area contributed by atoms with Crippen LogP contribution in [-0.2, 0) is 53.4 Å². The number of halogens is 3. The molecule has 0 aromatic heterocycles. The summed E-state index contributed by atoms with van der Waals surface area (Å²) in [7, 11) is -9.63. The molecule has 1 heterocycles. The molecule has 21 nitrogen and oxygen atoms in total. The van der Waals surface area contributed by atoms with Crippen molar-refractivity contribution in [1.29, 1.82) is 5.26 Å². The summed E-state index contributed by atoms with van der Waals surface area (Å²) in [5.41, 5.74) is 7.57. The van der Waals surface area contributed by atoms with Crippen LogP contribution >= 0.6 is 40.5 Å². The number of sulfone groups is 3. The number of esters is 1. The number of nitrogens with one attached hydrogen (secondary N) is 2. The first kappa shape index (κ1) is 97.2. The van der Waals surface area contributed by atoms with E-state index in [1.54, 1.807) is 44.2 Å². The van der Waals surface area contributed by atoms with E-state index in [9.17, 15) is 62.4 Å². The van der Waals surface area contributed by atoms with Gasteiger partial charge in [0, 0.05) is 12.8 Å². The fourth-order valence-electron chi connectivity index (χ4n) is 8.24. The minimum Gasteiger partial charge on any atom is -0.812 e. The number of amides is 3. The van der Waals surface area contributed by atoms with Crippen molar-refractivity contribution in [2.45, 2.75) is 110 Å². The van der Waals surface area contributed by atoms with Crippen molar-refractivity contribution in [2.75, 3.05) is 93.7 Å². The van der Waals surface area contributed by atoms with E-state index in [0.29, 0.717) is 70.1 Å². The molecule has 93 heavy (non-hydrogen) atoms. The molecule has 0 spiro atoms. The van der Waals surface area contributed by atoms with E-state index < -0.39 is 59.0 Å². The molecule has 0 bridgehead atoms. The zero-order valence-electron chi connectivity index (χ0n) is 54.2. The Balaban J connectivity index is -0.000000381. The molecule has 3 amide bonds. The number of nitrogens with two attached hydrogens (primary N) is 1. The van der Waals surface area contributed by atoms with Crippen LogP contribution in [0, 0.1) is 29.0 Å². The maximum Gasteiger partial charge on any atom is 1.00 e. The van der Waals surface area contributed by atoms with E-state index in [-0.39, 0.29) is 212 Å². The van der Waals surface area contributed by atoms with Crippen LogP contribution in [-0.4, -0.2) is 154 Å². The summed E-state index contributed by atoms with van der Waals surface area (Å²) in [6.45, 7) is 22.1. The van der Waals surface area contributed by atoms with Crippen LogP contribution in [0.4, 0.5) is 18.0 Å². The molecule has 0 saturated carbocycles. The zero-order valence-corrected chi connectivity index (χ0v) is 62.8. The van der Waals surface area contributed by atoms with E-state index in [0.717, 1.165) is 36.8 Å². The number of nitriles is 1. The Morgan fingerprint density at radius 2 is 1.03 bits per heavy atom. The number of hydrogen-bond acceptors (Lipinski definition) is 19. The van der Waals surface area contributed by atoms with Crippen molar-refractivity contribution >= 4 is 100.0 Å². The Morgan fingerprint density at radius 1 is 0.677 bits per heavy atom. The van der Waals surface area contributed by atoms with E-state index >= 15 is 0 Å². The third-order valence-electron chi connectivity index (χ3n) is 12.6. The molecule has 1 fully saturated rings. The third-order valence-corrected chi connectivity index (χ3v) is 18.4. The Morgan fingerprint density at radius 3 is 1.32 bits per heavy atom. The van der Waals surface area contributed by atoms with Gasteiger partial charge in [-0.1, -0.05) is 96.2 Å². The molecule has 0 radical (unpaired) electrons. The molecular weight excluding hydrogens is 1360 g/mol. The van der Waals surface area contributed by atoms with Crippen molar-refractivity contribution in [3.05, 3.63) is 127 Å². The molecule has 0 unspecified atom stereocenters. The number of imide groups is 1. The molecule has 1 saturated heterocycles. The number of rotatable bonds is 39. The SMILES string of the molecule is C=CCOc1cc([C@H](C)CS(=O)(=O)CCCCCN)ccc1F.C=CCOc1cc([C@H](C)CS(=O)(=O)CCCCCN2CC(=O)NC2=O)ccc1F.C=CCOc1cc([C@H](C)CS(=O)(=O)CCCCCNCC(C)=O)ccc1F.CCOC(=O)C=O.N#C[O-].S.S.S.[K+]. The standard InChI is InChI=1S/C20H27FN2O5S.C20H30FNO4S.C17H26FNO3S.C4H6O3.CHNO.K.3H2S/c1-3-10-28-18-12-16(7-8-17(18)21)15(2)14-29(26,27)11-6-4-5-9-23-13-19(24)22-20(23)25;1-4-11-26-20-13-18(8-9-19(20)21)16(2)15-27(24,25)12-7-5-6-10-22-14-17(3)23;1-3-10-22-17-12-15(7-8-16(17)18)14(2)13-23(20,21)11-6-4-5-9-19;1-2-7-4(6)3-5;2-1-3;;;;/h3,7-8,12,15H,1,4-6,9-11,13-14H2,2H3,(H,22,24,25);4,8-9,13,16,22H,1,5-7,10-12,14-15H2,2-3H3;3,7-8,12,14H,1,4-6,9-11,13,19H2,2H3;3H,2H2,1H3;3H;;3*1H2/q;;;;;+1;;;/p-1/t15-;16-;14-;;;;;;/m111....../s1. The van der Waals surface area contributed by atoms with Gasteiger partial charge >= 0.3 is 63.4 Å². The normalized spacial score (nSPS) is 12.2. The van der Waals surface area contributed by atoms with Gasteiger partial charge in [-0.2, -0.15) is 40.5 Å². The summed E-state index contributed by atoms with van der Waals surface area (Å²) in [5.74, 6) is -2.58. The first-order chi connectivity index (χ1) is 42.1. The number of carbonyl (C=O) groups is 5. The quantitative estimate of drug-likeness (QED) is 0.0100. The number of unbranched alkanes of at least 4 members (excludes halogenated alkanes) is 6. The number of ketones is 1. The van der Waals surface area contributed by atoms with Gasteiger partial charge in [0.1, 0.15) is 32.1 Å². The monoisotopic (exact) mass is 1450 g/mol. The van der Waals surface area contributed by atoms with Gasteiger partial charge < -0.3 is 40.0 Å². The van der Waals surface area contributed by atoms with E-state index in [1.165, 1.54) is 54.3 Å². The predicted molar refractivity (Wildman–Crippen MR) is 366 cm³/mol. The van der Waals surface area contributed by atoms with Gasteiger partial charge in [-0.25, -0.2) is 53.3 Å². The molecule has 522 valence electrons. The van der Waals surface area contributed by atoms with E-state index in [2.05, 4.69) is 35.1 Å². The predicted octanol–water partition coefficient (Wildman–Crippen LogP) is 4.84.